The molecule has 0 amide bonds. The largest absolute Gasteiger partial charge is 0.393 e. The van der Waals surface area contributed by atoms with Crippen molar-refractivity contribution < 1.29 is 0 Å². The maximum absolute atomic E-state index is 5.35. The minimum atomic E-state index is 0. The topological polar surface area (TPSA) is 29.3 Å². The Morgan fingerprint density at radius 3 is 2.09 bits per heavy atom. The van der Waals surface area contributed by atoms with Crippen molar-refractivity contribution in [1.29, 1.82) is 0 Å². The summed E-state index contributed by atoms with van der Waals surface area (Å²) in [4.78, 5) is 2.92. The third kappa shape index (κ3) is 8.04. The zero-order chi connectivity index (χ0) is 7.98. The second-order valence-electron chi connectivity index (χ2n) is 2.24. The van der Waals surface area contributed by atoms with Gasteiger partial charge in [0.15, 0.2) is 0 Å². The van der Waals surface area contributed by atoms with Crippen LogP contribution in [0.2, 0.25) is 0 Å². The van der Waals surface area contributed by atoms with E-state index in [-0.39, 0.29) is 12.4 Å². The fourth-order valence-electron chi connectivity index (χ4n) is 0.808. The summed E-state index contributed by atoms with van der Waals surface area (Å²) >= 11 is 4.76. The maximum Gasteiger partial charge on any atom is 0.0740 e. The van der Waals surface area contributed by atoms with Gasteiger partial charge in [0.25, 0.3) is 0 Å². The molecule has 0 aliphatic rings. The molecule has 2 N–H and O–H groups in total. The monoisotopic (exact) mass is 196 g/mol. The molecule has 0 bridgehead atoms. The van der Waals surface area contributed by atoms with Crippen LogP contribution in [0.25, 0.3) is 0 Å². The fraction of sp³-hybridized carbons (Fsp3) is 0.857. The predicted octanol–water partition coefficient (Wildman–Crippen LogP) is 1.43. The minimum Gasteiger partial charge on any atom is -0.393 e. The molecule has 68 valence electrons. The minimum absolute atomic E-state index is 0. The molecule has 0 radical (unpaired) electrons. The number of hydrogen-bond acceptors (Lipinski definition) is 2. The van der Waals surface area contributed by atoms with Crippen LogP contribution < -0.4 is 5.73 Å². The molecule has 0 saturated carbocycles. The molecule has 0 heterocycles. The first-order valence-corrected chi connectivity index (χ1v) is 4.12. The molecule has 0 saturated heterocycles. The average Bonchev–Trinajstić information content (AvgIpc) is 1.90. The van der Waals surface area contributed by atoms with E-state index in [0.717, 1.165) is 26.1 Å². The highest BCUT2D eigenvalue weighted by Gasteiger charge is 1.97. The molecule has 0 aliphatic carbocycles. The van der Waals surface area contributed by atoms with Gasteiger partial charge >= 0.3 is 0 Å². The van der Waals surface area contributed by atoms with Crippen molar-refractivity contribution in [2.45, 2.75) is 20.3 Å². The summed E-state index contributed by atoms with van der Waals surface area (Å²) in [6, 6.07) is 0. The molecule has 0 aromatic carbocycles. The van der Waals surface area contributed by atoms with Gasteiger partial charge in [-0.3, -0.25) is 0 Å². The first kappa shape index (κ1) is 13.7. The molecule has 0 unspecified atom stereocenters. The lowest BCUT2D eigenvalue weighted by Gasteiger charge is -2.16. The summed E-state index contributed by atoms with van der Waals surface area (Å²) in [5.41, 5.74) is 5.35. The van der Waals surface area contributed by atoms with Crippen molar-refractivity contribution in [1.82, 2.24) is 4.90 Å². The van der Waals surface area contributed by atoms with Crippen LogP contribution in [0.15, 0.2) is 0 Å². The number of thiocarbonyl (C=S) groups is 1. The zero-order valence-corrected chi connectivity index (χ0v) is 8.80. The Bertz CT molecular complexity index is 105. The molecule has 11 heavy (non-hydrogen) atoms. The Morgan fingerprint density at radius 1 is 1.36 bits per heavy atom. The van der Waals surface area contributed by atoms with Gasteiger partial charge in [-0.1, -0.05) is 26.1 Å². The smallest absolute Gasteiger partial charge is 0.0740 e. The SMILES string of the molecule is CCN(CC)CCC(N)=S.Cl. The number of halogens is 1. The molecule has 2 nitrogen and oxygen atoms in total. The fourth-order valence-corrected chi connectivity index (χ4v) is 0.899. The summed E-state index contributed by atoms with van der Waals surface area (Å²) in [5, 5.41) is 0. The Hall–Kier alpha value is 0.140. The molecule has 0 atom stereocenters. The average molecular weight is 197 g/mol. The van der Waals surface area contributed by atoms with Crippen LogP contribution in [0.4, 0.5) is 0 Å². The molecule has 0 aliphatic heterocycles. The molecule has 0 rings (SSSR count). The van der Waals surface area contributed by atoms with Gasteiger partial charge in [0.1, 0.15) is 0 Å². The molecular weight excluding hydrogens is 180 g/mol. The molecule has 4 heteroatoms. The number of rotatable bonds is 5. The standard InChI is InChI=1S/C7H16N2S.ClH/c1-3-9(4-2)6-5-7(8)10;/h3-6H2,1-2H3,(H2,8,10);1H. The van der Waals surface area contributed by atoms with Crippen LogP contribution in [0.5, 0.6) is 0 Å². The van der Waals surface area contributed by atoms with Crippen molar-refractivity contribution in [2.24, 2.45) is 5.73 Å². The van der Waals surface area contributed by atoms with Gasteiger partial charge < -0.3 is 10.6 Å². The lowest BCUT2D eigenvalue weighted by atomic mass is 10.4. The van der Waals surface area contributed by atoms with Crippen molar-refractivity contribution in [2.75, 3.05) is 19.6 Å². The van der Waals surface area contributed by atoms with Crippen LogP contribution in [-0.2, 0) is 0 Å². The normalized spacial score (nSPS) is 9.36. The highest BCUT2D eigenvalue weighted by molar-refractivity contribution is 7.80. The van der Waals surface area contributed by atoms with Crippen LogP contribution in [0, 0.1) is 0 Å². The third-order valence-electron chi connectivity index (χ3n) is 1.57. The van der Waals surface area contributed by atoms with Crippen molar-refractivity contribution in [3.05, 3.63) is 0 Å². The lowest BCUT2D eigenvalue weighted by molar-refractivity contribution is 0.313. The summed E-state index contributed by atoms with van der Waals surface area (Å²) in [6.07, 6.45) is 0.844. The van der Waals surface area contributed by atoms with Gasteiger partial charge in [-0.15, -0.1) is 12.4 Å². The quantitative estimate of drug-likeness (QED) is 0.675. The summed E-state index contributed by atoms with van der Waals surface area (Å²) < 4.78 is 0. The predicted molar refractivity (Wildman–Crippen MR) is 56.4 cm³/mol. The van der Waals surface area contributed by atoms with Crippen molar-refractivity contribution in [3.63, 3.8) is 0 Å². The molecule has 0 fully saturated rings. The van der Waals surface area contributed by atoms with E-state index in [1.54, 1.807) is 0 Å². The van der Waals surface area contributed by atoms with E-state index in [9.17, 15) is 0 Å². The Kier molecular flexibility index (Phi) is 10.3. The highest BCUT2D eigenvalue weighted by atomic mass is 35.5. The van der Waals surface area contributed by atoms with E-state index in [1.807, 2.05) is 0 Å². The van der Waals surface area contributed by atoms with Crippen LogP contribution in [0.3, 0.4) is 0 Å². The maximum atomic E-state index is 5.35. The van der Waals surface area contributed by atoms with Crippen molar-refractivity contribution >= 4 is 29.6 Å². The van der Waals surface area contributed by atoms with E-state index < -0.39 is 0 Å². The van der Waals surface area contributed by atoms with E-state index in [2.05, 4.69) is 18.7 Å². The summed E-state index contributed by atoms with van der Waals surface area (Å²) in [5.74, 6) is 0. The Morgan fingerprint density at radius 2 is 1.82 bits per heavy atom. The van der Waals surface area contributed by atoms with Gasteiger partial charge in [-0.2, -0.15) is 0 Å². The van der Waals surface area contributed by atoms with Gasteiger partial charge in [0.05, 0.1) is 4.99 Å². The van der Waals surface area contributed by atoms with E-state index >= 15 is 0 Å². The third-order valence-corrected chi connectivity index (χ3v) is 1.77. The molecule has 0 spiro atoms. The van der Waals surface area contributed by atoms with Gasteiger partial charge in [0.2, 0.25) is 0 Å². The first-order chi connectivity index (χ1) is 4.70. The second kappa shape index (κ2) is 8.24. The first-order valence-electron chi connectivity index (χ1n) is 3.71. The number of nitrogens with two attached hydrogens (primary N) is 1. The number of hydrogen-bond donors (Lipinski definition) is 1. The highest BCUT2D eigenvalue weighted by Crippen LogP contribution is 1.89. The number of nitrogens with zero attached hydrogens (tertiary/aromatic N) is 1. The van der Waals surface area contributed by atoms with E-state index in [0.29, 0.717) is 4.99 Å². The lowest BCUT2D eigenvalue weighted by Crippen LogP contribution is -2.27. The van der Waals surface area contributed by atoms with Gasteiger partial charge in [-0.05, 0) is 13.1 Å². The van der Waals surface area contributed by atoms with Crippen LogP contribution >= 0.6 is 24.6 Å². The van der Waals surface area contributed by atoms with E-state index in [1.165, 1.54) is 0 Å². The van der Waals surface area contributed by atoms with Crippen molar-refractivity contribution in [3.8, 4) is 0 Å². The van der Waals surface area contributed by atoms with Gasteiger partial charge in [-0.25, -0.2) is 0 Å². The Balaban J connectivity index is 0. The second-order valence-corrected chi connectivity index (χ2v) is 2.77. The Labute approximate surface area is 80.5 Å². The van der Waals surface area contributed by atoms with Crippen LogP contribution in [-0.4, -0.2) is 29.5 Å². The molecule has 0 aromatic rings. The zero-order valence-electron chi connectivity index (χ0n) is 7.17. The van der Waals surface area contributed by atoms with E-state index in [4.69, 9.17) is 18.0 Å². The van der Waals surface area contributed by atoms with Gasteiger partial charge in [0, 0.05) is 13.0 Å². The summed E-state index contributed by atoms with van der Waals surface area (Å²) in [6.45, 7) is 7.45. The molecular formula is C7H17ClN2S. The van der Waals surface area contributed by atoms with Crippen LogP contribution in [0.1, 0.15) is 20.3 Å². The molecule has 0 aromatic heterocycles. The summed E-state index contributed by atoms with van der Waals surface area (Å²) in [7, 11) is 0.